The lowest BCUT2D eigenvalue weighted by molar-refractivity contribution is -0.125. The Balaban J connectivity index is 1.65. The standard InChI is InChI=1S/C19H14F3N3O2/c20-12-3-1-10(7-13(12)21)2-4-15-11-8-17(14(22)9-16(11)25-24-15)23-18(26)19(27)5-6-19/h1-4,7-9,27H,5-6H2,(H,23,26)(H,24,25)/b4-2+. The first-order chi connectivity index (χ1) is 12.9. The molecule has 0 atom stereocenters. The van der Waals surface area contributed by atoms with Crippen LogP contribution in [0.4, 0.5) is 18.9 Å². The number of aromatic nitrogens is 2. The van der Waals surface area contributed by atoms with Crippen molar-refractivity contribution in [3.63, 3.8) is 0 Å². The minimum atomic E-state index is -1.42. The van der Waals surface area contributed by atoms with Crippen molar-refractivity contribution in [3.8, 4) is 0 Å². The molecule has 3 N–H and O–H groups in total. The fraction of sp³-hybridized carbons (Fsp3) is 0.158. The van der Waals surface area contributed by atoms with Crippen LogP contribution in [0.2, 0.25) is 0 Å². The lowest BCUT2D eigenvalue weighted by Crippen LogP contribution is -2.29. The number of aliphatic hydroxyl groups is 1. The normalized spacial score (nSPS) is 15.4. The second-order valence-electron chi connectivity index (χ2n) is 6.48. The fourth-order valence-electron chi connectivity index (χ4n) is 2.66. The molecule has 1 aromatic heterocycles. The monoisotopic (exact) mass is 373 g/mol. The summed E-state index contributed by atoms with van der Waals surface area (Å²) in [7, 11) is 0. The van der Waals surface area contributed by atoms with E-state index in [0.717, 1.165) is 12.1 Å². The summed E-state index contributed by atoms with van der Waals surface area (Å²) in [5.41, 5.74) is -0.239. The maximum Gasteiger partial charge on any atom is 0.256 e. The highest BCUT2D eigenvalue weighted by molar-refractivity contribution is 6.01. The van der Waals surface area contributed by atoms with Gasteiger partial charge in [-0.1, -0.05) is 12.1 Å². The Labute approximate surface area is 151 Å². The van der Waals surface area contributed by atoms with E-state index in [-0.39, 0.29) is 5.69 Å². The van der Waals surface area contributed by atoms with Crippen molar-refractivity contribution in [2.24, 2.45) is 0 Å². The first-order valence-corrected chi connectivity index (χ1v) is 8.20. The zero-order valence-corrected chi connectivity index (χ0v) is 13.9. The summed E-state index contributed by atoms with van der Waals surface area (Å²) in [5, 5.41) is 19.5. The van der Waals surface area contributed by atoms with Gasteiger partial charge in [0, 0.05) is 11.5 Å². The van der Waals surface area contributed by atoms with Gasteiger partial charge in [0.1, 0.15) is 11.4 Å². The van der Waals surface area contributed by atoms with E-state index in [0.29, 0.717) is 35.0 Å². The van der Waals surface area contributed by atoms with Crippen LogP contribution in [0, 0.1) is 17.5 Å². The van der Waals surface area contributed by atoms with Crippen molar-refractivity contribution in [1.82, 2.24) is 10.2 Å². The zero-order valence-electron chi connectivity index (χ0n) is 13.9. The van der Waals surface area contributed by atoms with Crippen molar-refractivity contribution in [2.45, 2.75) is 18.4 Å². The van der Waals surface area contributed by atoms with E-state index in [9.17, 15) is 23.1 Å². The topological polar surface area (TPSA) is 78.0 Å². The number of rotatable bonds is 4. The Morgan fingerprint density at radius 1 is 1.11 bits per heavy atom. The number of H-pyrrole nitrogens is 1. The van der Waals surface area contributed by atoms with Gasteiger partial charge in [-0.3, -0.25) is 9.89 Å². The van der Waals surface area contributed by atoms with E-state index in [1.54, 1.807) is 6.08 Å². The number of carbonyl (C=O) groups excluding carboxylic acids is 1. The molecule has 8 heteroatoms. The van der Waals surface area contributed by atoms with Crippen LogP contribution in [0.3, 0.4) is 0 Å². The first kappa shape index (κ1) is 17.3. The third-order valence-corrected chi connectivity index (χ3v) is 4.45. The summed E-state index contributed by atoms with van der Waals surface area (Å²) in [6.45, 7) is 0. The molecule has 1 heterocycles. The van der Waals surface area contributed by atoms with Gasteiger partial charge in [0.05, 0.1) is 16.9 Å². The second-order valence-corrected chi connectivity index (χ2v) is 6.48. The Bertz CT molecular complexity index is 1090. The Hall–Kier alpha value is -3.13. The fourth-order valence-corrected chi connectivity index (χ4v) is 2.66. The SMILES string of the molecule is O=C(Nc1cc2c(/C=C/c3ccc(F)c(F)c3)n[nH]c2cc1F)C1(O)CC1. The van der Waals surface area contributed by atoms with E-state index in [1.165, 1.54) is 24.3 Å². The molecule has 3 aromatic rings. The zero-order chi connectivity index (χ0) is 19.2. The number of amides is 1. The van der Waals surface area contributed by atoms with E-state index in [2.05, 4.69) is 15.5 Å². The highest BCUT2D eigenvalue weighted by Gasteiger charge is 2.48. The van der Waals surface area contributed by atoms with Crippen LogP contribution in [0.15, 0.2) is 30.3 Å². The van der Waals surface area contributed by atoms with Crippen LogP contribution in [0.5, 0.6) is 0 Å². The molecular formula is C19H14F3N3O2. The molecule has 1 saturated carbocycles. The molecule has 4 rings (SSSR count). The average molecular weight is 373 g/mol. The van der Waals surface area contributed by atoms with Crippen LogP contribution in [-0.4, -0.2) is 26.8 Å². The average Bonchev–Trinajstić information content (AvgIpc) is 3.28. The molecule has 1 fully saturated rings. The Morgan fingerprint density at radius 3 is 2.59 bits per heavy atom. The number of fused-ring (bicyclic) bond motifs is 1. The molecule has 0 bridgehead atoms. The van der Waals surface area contributed by atoms with E-state index in [4.69, 9.17) is 0 Å². The van der Waals surface area contributed by atoms with Crippen LogP contribution in [-0.2, 0) is 4.79 Å². The Kier molecular flexibility index (Phi) is 4.00. The Morgan fingerprint density at radius 2 is 1.89 bits per heavy atom. The first-order valence-electron chi connectivity index (χ1n) is 8.20. The molecule has 27 heavy (non-hydrogen) atoms. The maximum absolute atomic E-state index is 14.2. The van der Waals surface area contributed by atoms with Crippen LogP contribution < -0.4 is 5.32 Å². The molecule has 1 aliphatic carbocycles. The lowest BCUT2D eigenvalue weighted by Gasteiger charge is -2.10. The molecule has 0 radical (unpaired) electrons. The number of halogens is 3. The molecule has 0 saturated heterocycles. The van der Waals surface area contributed by atoms with Gasteiger partial charge in [0.25, 0.3) is 5.91 Å². The highest BCUT2D eigenvalue weighted by Crippen LogP contribution is 2.36. The molecule has 1 aliphatic rings. The van der Waals surface area contributed by atoms with Crippen molar-refractivity contribution >= 4 is 34.6 Å². The number of hydrogen-bond acceptors (Lipinski definition) is 3. The molecule has 1 amide bonds. The highest BCUT2D eigenvalue weighted by atomic mass is 19.2. The maximum atomic E-state index is 14.2. The molecule has 0 spiro atoms. The minimum Gasteiger partial charge on any atom is -0.380 e. The quantitative estimate of drug-likeness (QED) is 0.654. The van der Waals surface area contributed by atoms with E-state index < -0.39 is 29.0 Å². The summed E-state index contributed by atoms with van der Waals surface area (Å²) < 4.78 is 40.5. The van der Waals surface area contributed by atoms with Gasteiger partial charge in [-0.05, 0) is 42.7 Å². The molecule has 138 valence electrons. The largest absolute Gasteiger partial charge is 0.380 e. The van der Waals surface area contributed by atoms with Crippen LogP contribution in [0.1, 0.15) is 24.1 Å². The lowest BCUT2D eigenvalue weighted by atomic mass is 10.1. The predicted molar refractivity (Wildman–Crippen MR) is 94.2 cm³/mol. The molecule has 5 nitrogen and oxygen atoms in total. The minimum absolute atomic E-state index is 0.0725. The van der Waals surface area contributed by atoms with Crippen LogP contribution in [0.25, 0.3) is 23.1 Å². The van der Waals surface area contributed by atoms with Gasteiger partial charge in [-0.15, -0.1) is 0 Å². The van der Waals surface area contributed by atoms with Crippen molar-refractivity contribution in [3.05, 3.63) is 59.0 Å². The smallest absolute Gasteiger partial charge is 0.256 e. The number of aromatic amines is 1. The molecule has 0 unspecified atom stereocenters. The predicted octanol–water partition coefficient (Wildman–Crippen LogP) is 3.61. The van der Waals surface area contributed by atoms with Crippen LogP contribution >= 0.6 is 0 Å². The van der Waals surface area contributed by atoms with Crippen molar-refractivity contribution in [1.29, 1.82) is 0 Å². The van der Waals surface area contributed by atoms with E-state index >= 15 is 0 Å². The summed E-state index contributed by atoms with van der Waals surface area (Å²) in [6, 6.07) is 6.06. The summed E-state index contributed by atoms with van der Waals surface area (Å²) >= 11 is 0. The van der Waals surface area contributed by atoms with Gasteiger partial charge in [-0.25, -0.2) is 13.2 Å². The van der Waals surface area contributed by atoms with Gasteiger partial charge in [0.2, 0.25) is 0 Å². The number of anilines is 1. The molecule has 2 aromatic carbocycles. The van der Waals surface area contributed by atoms with Gasteiger partial charge in [0.15, 0.2) is 11.6 Å². The molecular weight excluding hydrogens is 359 g/mol. The second kappa shape index (κ2) is 6.24. The summed E-state index contributed by atoms with van der Waals surface area (Å²) in [4.78, 5) is 11.9. The molecule has 0 aliphatic heterocycles. The summed E-state index contributed by atoms with van der Waals surface area (Å²) in [5.74, 6) is -3.22. The van der Waals surface area contributed by atoms with Crippen molar-refractivity contribution in [2.75, 3.05) is 5.32 Å². The number of nitrogens with zero attached hydrogens (tertiary/aromatic N) is 1. The number of hydrogen-bond donors (Lipinski definition) is 3. The third-order valence-electron chi connectivity index (χ3n) is 4.45. The van der Waals surface area contributed by atoms with Crippen molar-refractivity contribution < 1.29 is 23.1 Å². The number of carbonyl (C=O) groups is 1. The van der Waals surface area contributed by atoms with Gasteiger partial charge in [-0.2, -0.15) is 5.10 Å². The number of benzene rings is 2. The van der Waals surface area contributed by atoms with E-state index in [1.807, 2.05) is 0 Å². The number of nitrogens with one attached hydrogen (secondary N) is 2. The summed E-state index contributed by atoms with van der Waals surface area (Å²) in [6.07, 6.45) is 3.78. The van der Waals surface area contributed by atoms with Gasteiger partial charge < -0.3 is 10.4 Å². The third kappa shape index (κ3) is 3.31. The van der Waals surface area contributed by atoms with Gasteiger partial charge >= 0.3 is 0 Å².